The van der Waals surface area contributed by atoms with Gasteiger partial charge in [0, 0.05) is 18.7 Å². The average Bonchev–Trinajstić information content (AvgIpc) is 2.64. The van der Waals surface area contributed by atoms with E-state index in [9.17, 15) is 14.5 Å². The number of rotatable bonds is 2. The number of halogens is 1. The van der Waals surface area contributed by atoms with Crippen LogP contribution < -0.4 is 0 Å². The van der Waals surface area contributed by atoms with Crippen LogP contribution >= 0.6 is 0 Å². The van der Waals surface area contributed by atoms with Crippen LogP contribution in [0.3, 0.4) is 0 Å². The molecule has 0 spiro atoms. The highest BCUT2D eigenvalue weighted by atomic mass is 19.1. The Morgan fingerprint density at radius 2 is 2.25 bits per heavy atom. The smallest absolute Gasteiger partial charge is 0.258 e. The molecular formula is C9H7FN4O2. The van der Waals surface area contributed by atoms with Crippen molar-refractivity contribution in [2.24, 2.45) is 7.05 Å². The summed E-state index contributed by atoms with van der Waals surface area (Å²) in [6, 6.07) is 3.94. The molecule has 1 heterocycles. The van der Waals surface area contributed by atoms with Gasteiger partial charge in [-0.1, -0.05) is 6.07 Å². The number of aromatic nitrogens is 3. The number of benzene rings is 1. The summed E-state index contributed by atoms with van der Waals surface area (Å²) in [5, 5.41) is 18.2. The van der Waals surface area contributed by atoms with Crippen molar-refractivity contribution >= 4 is 5.69 Å². The molecule has 0 saturated carbocycles. The lowest BCUT2D eigenvalue weighted by Gasteiger charge is -1.98. The maximum absolute atomic E-state index is 13.7. The summed E-state index contributed by atoms with van der Waals surface area (Å²) in [5.74, 6) is -0.895. The predicted octanol–water partition coefficient (Wildman–Crippen LogP) is 1.53. The van der Waals surface area contributed by atoms with Crippen LogP contribution in [0.1, 0.15) is 0 Å². The van der Waals surface area contributed by atoms with Crippen LogP contribution in [0.2, 0.25) is 0 Å². The van der Waals surface area contributed by atoms with Gasteiger partial charge in [-0.25, -0.2) is 0 Å². The van der Waals surface area contributed by atoms with Gasteiger partial charge in [0.05, 0.1) is 11.1 Å². The lowest BCUT2D eigenvalue weighted by molar-refractivity contribution is -0.387. The van der Waals surface area contributed by atoms with E-state index in [2.05, 4.69) is 10.2 Å². The first kappa shape index (κ1) is 10.2. The van der Waals surface area contributed by atoms with E-state index in [-0.39, 0.29) is 11.3 Å². The van der Waals surface area contributed by atoms with Crippen LogP contribution in [0.25, 0.3) is 11.3 Å². The van der Waals surface area contributed by atoms with Crippen molar-refractivity contribution in [2.45, 2.75) is 0 Å². The molecule has 16 heavy (non-hydrogen) atoms. The summed E-state index contributed by atoms with van der Waals surface area (Å²) in [6.07, 6.45) is 1.35. The third-order valence-electron chi connectivity index (χ3n) is 2.05. The van der Waals surface area contributed by atoms with Crippen molar-refractivity contribution in [1.82, 2.24) is 15.0 Å². The number of nitrogens with zero attached hydrogens (tertiary/aromatic N) is 4. The Balaban J connectivity index is 2.58. The van der Waals surface area contributed by atoms with Gasteiger partial charge in [0.25, 0.3) is 0 Å². The molecule has 1 aromatic heterocycles. The summed E-state index contributed by atoms with van der Waals surface area (Å²) in [5.41, 5.74) is -0.228. The normalized spacial score (nSPS) is 10.4. The molecule has 0 radical (unpaired) electrons. The number of aryl methyl sites for hydroxylation is 1. The first-order valence-corrected chi connectivity index (χ1v) is 4.39. The molecule has 0 aliphatic heterocycles. The lowest BCUT2D eigenvalue weighted by Crippen LogP contribution is -1.96. The molecule has 2 aromatic rings. The van der Waals surface area contributed by atoms with Gasteiger partial charge in [-0.2, -0.15) is 19.4 Å². The Morgan fingerprint density at radius 1 is 1.50 bits per heavy atom. The molecule has 0 aliphatic carbocycles. The van der Waals surface area contributed by atoms with Crippen molar-refractivity contribution in [3.8, 4) is 11.3 Å². The molecule has 82 valence electrons. The van der Waals surface area contributed by atoms with E-state index < -0.39 is 16.4 Å². The van der Waals surface area contributed by atoms with Gasteiger partial charge in [-0.3, -0.25) is 10.1 Å². The Morgan fingerprint density at radius 3 is 2.81 bits per heavy atom. The number of hydrogen-bond acceptors (Lipinski definition) is 4. The molecule has 2 rings (SSSR count). The molecule has 0 fully saturated rings. The highest BCUT2D eigenvalue weighted by molar-refractivity contribution is 5.62. The van der Waals surface area contributed by atoms with Gasteiger partial charge < -0.3 is 0 Å². The van der Waals surface area contributed by atoms with Gasteiger partial charge in [0.15, 0.2) is 0 Å². The van der Waals surface area contributed by atoms with E-state index >= 15 is 0 Å². The zero-order chi connectivity index (χ0) is 11.7. The molecule has 0 bridgehead atoms. The summed E-state index contributed by atoms with van der Waals surface area (Å²) in [7, 11) is 1.58. The SMILES string of the molecule is Cn1ncc(-c2cccc([N+](=O)[O-])c2F)n1. The maximum atomic E-state index is 13.7. The minimum Gasteiger partial charge on any atom is -0.258 e. The average molecular weight is 222 g/mol. The second-order valence-electron chi connectivity index (χ2n) is 3.12. The molecule has 0 amide bonds. The zero-order valence-electron chi connectivity index (χ0n) is 8.29. The predicted molar refractivity (Wildman–Crippen MR) is 53.1 cm³/mol. The standard InChI is InChI=1S/C9H7FN4O2/c1-13-11-5-7(12-13)6-3-2-4-8(9(6)10)14(15)16/h2-5H,1H3. The fraction of sp³-hybridized carbons (Fsp3) is 0.111. The lowest BCUT2D eigenvalue weighted by atomic mass is 10.1. The summed E-state index contributed by atoms with van der Waals surface area (Å²) in [4.78, 5) is 11.0. The van der Waals surface area contributed by atoms with Crippen molar-refractivity contribution in [3.05, 3.63) is 40.3 Å². The quantitative estimate of drug-likeness (QED) is 0.570. The van der Waals surface area contributed by atoms with Gasteiger partial charge in [0.1, 0.15) is 5.69 Å². The minimum atomic E-state index is -0.895. The second-order valence-corrected chi connectivity index (χ2v) is 3.12. The molecule has 0 aliphatic rings. The third kappa shape index (κ3) is 1.62. The first-order valence-electron chi connectivity index (χ1n) is 4.39. The summed E-state index contributed by atoms with van der Waals surface area (Å²) >= 11 is 0. The fourth-order valence-corrected chi connectivity index (χ4v) is 1.33. The Hall–Kier alpha value is -2.31. The van der Waals surface area contributed by atoms with Crippen LogP contribution in [-0.2, 0) is 7.05 Å². The van der Waals surface area contributed by atoms with Crippen molar-refractivity contribution in [2.75, 3.05) is 0 Å². The molecule has 0 unspecified atom stereocenters. The van der Waals surface area contributed by atoms with E-state index in [1.165, 1.54) is 23.1 Å². The van der Waals surface area contributed by atoms with Gasteiger partial charge in [-0.05, 0) is 6.07 Å². The number of nitro benzene ring substituents is 1. The summed E-state index contributed by atoms with van der Waals surface area (Å²) in [6.45, 7) is 0. The monoisotopic (exact) mass is 222 g/mol. The highest BCUT2D eigenvalue weighted by Crippen LogP contribution is 2.26. The van der Waals surface area contributed by atoms with E-state index in [1.54, 1.807) is 7.05 Å². The van der Waals surface area contributed by atoms with Gasteiger partial charge in [0.2, 0.25) is 5.82 Å². The largest absolute Gasteiger partial charge is 0.305 e. The van der Waals surface area contributed by atoms with Crippen LogP contribution in [0.4, 0.5) is 10.1 Å². The van der Waals surface area contributed by atoms with Crippen LogP contribution in [-0.4, -0.2) is 19.9 Å². The molecule has 0 saturated heterocycles. The minimum absolute atomic E-state index is 0.0716. The fourth-order valence-electron chi connectivity index (χ4n) is 1.33. The molecule has 1 aromatic carbocycles. The van der Waals surface area contributed by atoms with Gasteiger partial charge in [-0.15, -0.1) is 0 Å². The van der Waals surface area contributed by atoms with Crippen molar-refractivity contribution < 1.29 is 9.31 Å². The Labute approximate surface area is 89.5 Å². The van der Waals surface area contributed by atoms with Gasteiger partial charge >= 0.3 is 5.69 Å². The Kier molecular flexibility index (Phi) is 2.35. The van der Waals surface area contributed by atoms with Crippen LogP contribution in [0, 0.1) is 15.9 Å². The van der Waals surface area contributed by atoms with Crippen molar-refractivity contribution in [1.29, 1.82) is 0 Å². The number of hydrogen-bond donors (Lipinski definition) is 0. The van der Waals surface area contributed by atoms with Crippen LogP contribution in [0.15, 0.2) is 24.4 Å². The zero-order valence-corrected chi connectivity index (χ0v) is 8.29. The van der Waals surface area contributed by atoms with Crippen molar-refractivity contribution in [3.63, 3.8) is 0 Å². The molecule has 0 atom stereocenters. The third-order valence-corrected chi connectivity index (χ3v) is 2.05. The molecular weight excluding hydrogens is 215 g/mol. The van der Waals surface area contributed by atoms with E-state index in [0.29, 0.717) is 0 Å². The van der Waals surface area contributed by atoms with E-state index in [0.717, 1.165) is 6.07 Å². The van der Waals surface area contributed by atoms with Crippen LogP contribution in [0.5, 0.6) is 0 Å². The second kappa shape index (κ2) is 3.69. The van der Waals surface area contributed by atoms with E-state index in [1.807, 2.05) is 0 Å². The summed E-state index contributed by atoms with van der Waals surface area (Å²) < 4.78 is 13.7. The first-order chi connectivity index (χ1) is 7.59. The Bertz CT molecular complexity index is 552. The molecule has 6 nitrogen and oxygen atoms in total. The molecule has 0 N–H and O–H groups in total. The topological polar surface area (TPSA) is 73.8 Å². The molecule has 7 heteroatoms. The maximum Gasteiger partial charge on any atom is 0.305 e. The number of nitro groups is 1. The highest BCUT2D eigenvalue weighted by Gasteiger charge is 2.19. The van der Waals surface area contributed by atoms with E-state index in [4.69, 9.17) is 0 Å².